The Hall–Kier alpha value is -0.640. The van der Waals surface area contributed by atoms with Crippen LogP contribution >= 0.6 is 11.5 Å². The highest BCUT2D eigenvalue weighted by atomic mass is 32.1. The Labute approximate surface area is 56.4 Å². The maximum absolute atomic E-state index is 12.4. The van der Waals surface area contributed by atoms with Crippen molar-refractivity contribution in [2.75, 3.05) is 7.11 Å². The van der Waals surface area contributed by atoms with Crippen molar-refractivity contribution < 1.29 is 9.13 Å². The molecule has 0 spiro atoms. The van der Waals surface area contributed by atoms with Crippen molar-refractivity contribution in [2.45, 2.75) is 6.92 Å². The molecule has 0 amide bonds. The molecule has 0 aliphatic rings. The Bertz CT molecular complexity index is 191. The minimum absolute atomic E-state index is 0.264. The largest absolute Gasteiger partial charge is 0.491 e. The predicted molar refractivity (Wildman–Crippen MR) is 33.4 cm³/mol. The summed E-state index contributed by atoms with van der Waals surface area (Å²) in [4.78, 5) is 0. The van der Waals surface area contributed by atoms with Crippen LogP contribution in [0.25, 0.3) is 0 Å². The molecule has 1 aromatic rings. The average molecular weight is 147 g/mol. The van der Waals surface area contributed by atoms with E-state index in [0.717, 1.165) is 11.5 Å². The van der Waals surface area contributed by atoms with Crippen LogP contribution in [0.4, 0.5) is 4.39 Å². The predicted octanol–water partition coefficient (Wildman–Crippen LogP) is 1.60. The van der Waals surface area contributed by atoms with Crippen LogP contribution in [-0.2, 0) is 0 Å². The second-order valence-electron chi connectivity index (χ2n) is 1.57. The van der Waals surface area contributed by atoms with Gasteiger partial charge >= 0.3 is 0 Å². The van der Waals surface area contributed by atoms with Crippen molar-refractivity contribution in [1.82, 2.24) is 4.37 Å². The molecule has 1 heterocycles. The number of ether oxygens (including phenoxy) is 1. The Kier molecular flexibility index (Phi) is 1.66. The summed E-state index contributed by atoms with van der Waals surface area (Å²) in [5, 5.41) is -0.352. The number of halogens is 1. The summed E-state index contributed by atoms with van der Waals surface area (Å²) in [7, 11) is 1.43. The smallest absolute Gasteiger partial charge is 0.237 e. The van der Waals surface area contributed by atoms with E-state index in [4.69, 9.17) is 0 Å². The van der Waals surface area contributed by atoms with Gasteiger partial charge in [-0.1, -0.05) is 0 Å². The third-order valence-corrected chi connectivity index (χ3v) is 1.68. The summed E-state index contributed by atoms with van der Waals surface area (Å²) < 4.78 is 20.9. The van der Waals surface area contributed by atoms with E-state index in [1.54, 1.807) is 6.92 Å². The summed E-state index contributed by atoms with van der Waals surface area (Å²) in [5.74, 6) is 0.264. The molecule has 0 saturated carbocycles. The number of hydrogen-bond donors (Lipinski definition) is 0. The lowest BCUT2D eigenvalue weighted by molar-refractivity contribution is 0.389. The van der Waals surface area contributed by atoms with Gasteiger partial charge in [-0.25, -0.2) is 0 Å². The van der Waals surface area contributed by atoms with Gasteiger partial charge in [0.1, 0.15) is 0 Å². The second kappa shape index (κ2) is 2.31. The normalized spacial score (nSPS) is 9.67. The van der Waals surface area contributed by atoms with Crippen LogP contribution < -0.4 is 4.74 Å². The molecule has 0 aliphatic carbocycles. The Morgan fingerprint density at radius 3 is 2.56 bits per heavy atom. The highest BCUT2D eigenvalue weighted by Gasteiger charge is 2.08. The molecule has 1 aromatic heterocycles. The molecule has 0 N–H and O–H groups in total. The maximum Gasteiger partial charge on any atom is 0.237 e. The van der Waals surface area contributed by atoms with Gasteiger partial charge in [0, 0.05) is 0 Å². The van der Waals surface area contributed by atoms with Crippen molar-refractivity contribution in [3.63, 3.8) is 0 Å². The quantitative estimate of drug-likeness (QED) is 0.602. The van der Waals surface area contributed by atoms with Gasteiger partial charge in [0.05, 0.1) is 12.8 Å². The molecule has 0 bridgehead atoms. The highest BCUT2D eigenvalue weighted by molar-refractivity contribution is 7.04. The number of aromatic nitrogens is 1. The molecule has 0 fully saturated rings. The summed E-state index contributed by atoms with van der Waals surface area (Å²) in [6.07, 6.45) is 0. The van der Waals surface area contributed by atoms with Crippen LogP contribution in [-0.4, -0.2) is 11.5 Å². The summed E-state index contributed by atoms with van der Waals surface area (Å²) in [6, 6.07) is 0. The van der Waals surface area contributed by atoms with Gasteiger partial charge in [-0.05, 0) is 18.5 Å². The standard InChI is InChI=1S/C5H6FNOS/c1-3-4(8-2)5(6)9-7-3/h1-2H3. The lowest BCUT2D eigenvalue weighted by atomic mass is 10.4. The molecule has 0 radical (unpaired) electrons. The SMILES string of the molecule is COc1c(C)nsc1F. The van der Waals surface area contributed by atoms with E-state index >= 15 is 0 Å². The number of hydrogen-bond acceptors (Lipinski definition) is 3. The van der Waals surface area contributed by atoms with Crippen molar-refractivity contribution in [2.24, 2.45) is 0 Å². The lowest BCUT2D eigenvalue weighted by Gasteiger charge is -1.92. The van der Waals surface area contributed by atoms with Crippen LogP contribution in [0.15, 0.2) is 0 Å². The summed E-state index contributed by atoms with van der Waals surface area (Å²) in [5.41, 5.74) is 0.611. The van der Waals surface area contributed by atoms with Gasteiger partial charge in [-0.3, -0.25) is 0 Å². The fourth-order valence-electron chi connectivity index (χ4n) is 0.562. The number of rotatable bonds is 1. The van der Waals surface area contributed by atoms with Gasteiger partial charge < -0.3 is 4.74 Å². The van der Waals surface area contributed by atoms with Crippen LogP contribution in [0, 0.1) is 12.1 Å². The van der Waals surface area contributed by atoms with Crippen molar-refractivity contribution in [3.05, 3.63) is 10.8 Å². The zero-order chi connectivity index (χ0) is 6.85. The van der Waals surface area contributed by atoms with Crippen LogP contribution in [0.5, 0.6) is 5.75 Å². The zero-order valence-corrected chi connectivity index (χ0v) is 5.96. The van der Waals surface area contributed by atoms with E-state index in [9.17, 15) is 4.39 Å². The molecule has 0 aliphatic heterocycles. The average Bonchev–Trinajstić information content (AvgIpc) is 2.12. The minimum Gasteiger partial charge on any atom is -0.491 e. The lowest BCUT2D eigenvalue weighted by Crippen LogP contribution is -1.84. The van der Waals surface area contributed by atoms with Gasteiger partial charge in [0.25, 0.3) is 0 Å². The Balaban J connectivity index is 3.07. The first-order valence-corrected chi connectivity index (χ1v) is 3.19. The first-order chi connectivity index (χ1) is 4.25. The van der Waals surface area contributed by atoms with Gasteiger partial charge in [0.15, 0.2) is 5.75 Å². The number of aryl methyl sites for hydroxylation is 1. The van der Waals surface area contributed by atoms with Crippen LogP contribution in [0.2, 0.25) is 0 Å². The third kappa shape index (κ3) is 1.03. The first-order valence-electron chi connectivity index (χ1n) is 2.41. The Morgan fingerprint density at radius 1 is 1.67 bits per heavy atom. The first kappa shape index (κ1) is 6.48. The molecule has 1 rings (SSSR count). The molecule has 0 atom stereocenters. The molecule has 2 nitrogen and oxygen atoms in total. The van der Waals surface area contributed by atoms with E-state index in [1.165, 1.54) is 7.11 Å². The molecule has 9 heavy (non-hydrogen) atoms. The topological polar surface area (TPSA) is 22.1 Å². The summed E-state index contributed by atoms with van der Waals surface area (Å²) >= 11 is 0.814. The molecule has 0 saturated heterocycles. The molecule has 0 unspecified atom stereocenters. The van der Waals surface area contributed by atoms with E-state index in [-0.39, 0.29) is 10.9 Å². The van der Waals surface area contributed by atoms with Crippen molar-refractivity contribution in [3.8, 4) is 5.75 Å². The van der Waals surface area contributed by atoms with Gasteiger partial charge in [-0.15, -0.1) is 0 Å². The number of methoxy groups -OCH3 is 1. The second-order valence-corrected chi connectivity index (χ2v) is 2.30. The maximum atomic E-state index is 12.4. The fourth-order valence-corrected chi connectivity index (χ4v) is 1.18. The number of nitrogens with zero attached hydrogens (tertiary/aromatic N) is 1. The van der Waals surface area contributed by atoms with Crippen molar-refractivity contribution in [1.29, 1.82) is 0 Å². The monoisotopic (exact) mass is 147 g/mol. The zero-order valence-electron chi connectivity index (χ0n) is 5.14. The van der Waals surface area contributed by atoms with E-state index in [1.807, 2.05) is 0 Å². The highest BCUT2D eigenvalue weighted by Crippen LogP contribution is 2.23. The Morgan fingerprint density at radius 2 is 2.33 bits per heavy atom. The minimum atomic E-state index is -0.352. The van der Waals surface area contributed by atoms with Gasteiger partial charge in [0.2, 0.25) is 5.13 Å². The van der Waals surface area contributed by atoms with Gasteiger partial charge in [-0.2, -0.15) is 8.76 Å². The van der Waals surface area contributed by atoms with E-state index in [0.29, 0.717) is 5.69 Å². The molecule has 0 aromatic carbocycles. The summed E-state index contributed by atoms with van der Waals surface area (Å²) in [6.45, 7) is 1.71. The molecular weight excluding hydrogens is 141 g/mol. The van der Waals surface area contributed by atoms with Crippen LogP contribution in [0.3, 0.4) is 0 Å². The van der Waals surface area contributed by atoms with Crippen LogP contribution in [0.1, 0.15) is 5.69 Å². The third-order valence-electron chi connectivity index (χ3n) is 0.974. The van der Waals surface area contributed by atoms with E-state index in [2.05, 4.69) is 9.11 Å². The van der Waals surface area contributed by atoms with E-state index < -0.39 is 0 Å². The molecule has 4 heteroatoms. The molecular formula is C5H6FNOS. The fraction of sp³-hybridized carbons (Fsp3) is 0.400. The van der Waals surface area contributed by atoms with Crippen molar-refractivity contribution >= 4 is 11.5 Å². The molecule has 50 valence electrons.